The van der Waals surface area contributed by atoms with E-state index in [9.17, 15) is 32.9 Å². The van der Waals surface area contributed by atoms with E-state index in [-0.39, 0.29) is 12.2 Å². The minimum Gasteiger partial charge on any atom is -0.484 e. The lowest BCUT2D eigenvalue weighted by molar-refractivity contribution is -0.385. The molecular weight excluding hydrogens is 361 g/mol. The highest BCUT2D eigenvalue weighted by molar-refractivity contribution is 5.98. The van der Waals surface area contributed by atoms with Gasteiger partial charge >= 0.3 is 12.1 Å². The minimum atomic E-state index is -4.60. The molecule has 1 aliphatic carbocycles. The summed E-state index contributed by atoms with van der Waals surface area (Å²) in [5, 5.41) is 22.5. The van der Waals surface area contributed by atoms with Crippen LogP contribution in [-0.2, 0) is 4.79 Å². The molecule has 1 aromatic carbocycles. The Morgan fingerprint density at radius 1 is 1.35 bits per heavy atom. The van der Waals surface area contributed by atoms with Gasteiger partial charge in [-0.05, 0) is 31.4 Å². The maximum absolute atomic E-state index is 12.3. The van der Waals surface area contributed by atoms with Gasteiger partial charge in [-0.15, -0.1) is 0 Å². The Hall–Kier alpha value is -2.85. The standard InChI is InChI=1S/C15H15F3N2O6/c16-15(17,18)7-26-10-3-4-12(20(24)25)11(6-10)13(21)19-9-2-1-8(5-9)14(22)23/h3-4,6,8-9H,1-2,5,7H2,(H,19,21)(H,22,23)/t8-,9+/m0/s1. The number of halogens is 3. The van der Waals surface area contributed by atoms with Crippen LogP contribution in [0.5, 0.6) is 5.75 Å². The first-order chi connectivity index (χ1) is 12.1. The van der Waals surface area contributed by atoms with Crippen LogP contribution in [-0.4, -0.2) is 40.7 Å². The molecule has 0 aromatic heterocycles. The third kappa shape index (κ3) is 5.07. The molecule has 1 aromatic rings. The molecule has 0 heterocycles. The number of aliphatic carboxylic acids is 1. The van der Waals surface area contributed by atoms with Crippen LogP contribution in [0.25, 0.3) is 0 Å². The molecule has 1 amide bonds. The van der Waals surface area contributed by atoms with Crippen molar-refractivity contribution in [1.29, 1.82) is 0 Å². The third-order valence-corrected chi connectivity index (χ3v) is 3.93. The van der Waals surface area contributed by atoms with E-state index in [1.807, 2.05) is 0 Å². The number of ether oxygens (including phenoxy) is 1. The van der Waals surface area contributed by atoms with Crippen LogP contribution in [0, 0.1) is 16.0 Å². The molecule has 8 nitrogen and oxygen atoms in total. The molecule has 0 bridgehead atoms. The number of amides is 1. The topological polar surface area (TPSA) is 119 Å². The van der Waals surface area contributed by atoms with E-state index < -0.39 is 52.8 Å². The van der Waals surface area contributed by atoms with Gasteiger partial charge in [-0.1, -0.05) is 0 Å². The Balaban J connectivity index is 2.15. The summed E-state index contributed by atoms with van der Waals surface area (Å²) in [4.78, 5) is 33.5. The first kappa shape index (κ1) is 19.5. The smallest absolute Gasteiger partial charge is 0.422 e. The molecule has 0 unspecified atom stereocenters. The molecule has 1 aliphatic rings. The second-order valence-corrected chi connectivity index (χ2v) is 5.86. The summed E-state index contributed by atoms with van der Waals surface area (Å²) >= 11 is 0. The number of nitro benzene ring substituents is 1. The molecule has 1 fully saturated rings. The molecular formula is C15H15F3N2O6. The number of hydrogen-bond donors (Lipinski definition) is 2. The van der Waals surface area contributed by atoms with E-state index in [0.29, 0.717) is 12.8 Å². The van der Waals surface area contributed by atoms with Gasteiger partial charge in [0.1, 0.15) is 11.3 Å². The minimum absolute atomic E-state index is 0.180. The van der Waals surface area contributed by atoms with Crippen LogP contribution in [0.15, 0.2) is 18.2 Å². The molecule has 0 spiro atoms. The van der Waals surface area contributed by atoms with Crippen LogP contribution >= 0.6 is 0 Å². The molecule has 11 heteroatoms. The summed E-state index contributed by atoms with van der Waals surface area (Å²) in [5.41, 5.74) is -1.04. The SMILES string of the molecule is O=C(N[C@@H]1CC[C@H](C(=O)O)C1)c1cc(OCC(F)(F)F)ccc1[N+](=O)[O-]. The number of carbonyl (C=O) groups excluding carboxylic acids is 1. The van der Waals surface area contributed by atoms with Crippen molar-refractivity contribution < 1.29 is 37.5 Å². The Labute approximate surface area is 145 Å². The van der Waals surface area contributed by atoms with E-state index in [4.69, 9.17) is 5.11 Å². The lowest BCUT2D eigenvalue weighted by atomic mass is 10.1. The van der Waals surface area contributed by atoms with Gasteiger partial charge in [0.2, 0.25) is 0 Å². The van der Waals surface area contributed by atoms with Crippen molar-refractivity contribution in [1.82, 2.24) is 5.32 Å². The van der Waals surface area contributed by atoms with Crippen molar-refractivity contribution in [2.45, 2.75) is 31.5 Å². The van der Waals surface area contributed by atoms with Crippen LogP contribution in [0.1, 0.15) is 29.6 Å². The van der Waals surface area contributed by atoms with Crippen LogP contribution < -0.4 is 10.1 Å². The predicted octanol–water partition coefficient (Wildman–Crippen LogP) is 2.52. The van der Waals surface area contributed by atoms with Crippen molar-refractivity contribution in [3.8, 4) is 5.75 Å². The maximum Gasteiger partial charge on any atom is 0.422 e. The number of hydrogen-bond acceptors (Lipinski definition) is 5. The lowest BCUT2D eigenvalue weighted by Crippen LogP contribution is -2.33. The van der Waals surface area contributed by atoms with E-state index in [0.717, 1.165) is 18.2 Å². The number of nitrogens with one attached hydrogen (secondary N) is 1. The molecule has 2 N–H and O–H groups in total. The maximum atomic E-state index is 12.3. The molecule has 0 aliphatic heterocycles. The van der Waals surface area contributed by atoms with Crippen molar-refractivity contribution in [2.24, 2.45) is 5.92 Å². The fraction of sp³-hybridized carbons (Fsp3) is 0.467. The summed E-state index contributed by atoms with van der Waals surface area (Å²) in [6.45, 7) is -1.60. The summed E-state index contributed by atoms with van der Waals surface area (Å²) in [6, 6.07) is 2.23. The van der Waals surface area contributed by atoms with Crippen LogP contribution in [0.4, 0.5) is 18.9 Å². The van der Waals surface area contributed by atoms with Gasteiger partial charge in [0.15, 0.2) is 6.61 Å². The molecule has 2 rings (SSSR count). The number of carbonyl (C=O) groups is 2. The van der Waals surface area contributed by atoms with Gasteiger partial charge in [0.05, 0.1) is 10.8 Å². The first-order valence-corrected chi connectivity index (χ1v) is 7.58. The van der Waals surface area contributed by atoms with Crippen LogP contribution in [0.3, 0.4) is 0 Å². The van der Waals surface area contributed by atoms with Gasteiger partial charge in [-0.2, -0.15) is 13.2 Å². The Bertz CT molecular complexity index is 722. The summed E-state index contributed by atoms with van der Waals surface area (Å²) in [7, 11) is 0. The molecule has 0 saturated heterocycles. The Kier molecular flexibility index (Phi) is 5.68. The first-order valence-electron chi connectivity index (χ1n) is 7.58. The van der Waals surface area contributed by atoms with Gasteiger partial charge < -0.3 is 15.2 Å². The van der Waals surface area contributed by atoms with E-state index in [2.05, 4.69) is 10.1 Å². The number of carboxylic acid groups (broad SMARTS) is 1. The fourth-order valence-electron chi connectivity index (χ4n) is 2.71. The number of nitro groups is 1. The average molecular weight is 376 g/mol. The van der Waals surface area contributed by atoms with E-state index >= 15 is 0 Å². The second kappa shape index (κ2) is 7.58. The molecule has 142 valence electrons. The number of rotatable bonds is 6. The zero-order chi connectivity index (χ0) is 19.5. The fourth-order valence-corrected chi connectivity index (χ4v) is 2.71. The van der Waals surface area contributed by atoms with E-state index in [1.165, 1.54) is 0 Å². The lowest BCUT2D eigenvalue weighted by Gasteiger charge is -2.14. The van der Waals surface area contributed by atoms with Crippen molar-refractivity contribution in [3.63, 3.8) is 0 Å². The predicted molar refractivity (Wildman–Crippen MR) is 80.9 cm³/mol. The average Bonchev–Trinajstić information content (AvgIpc) is 3.00. The normalized spacial score (nSPS) is 19.8. The molecule has 1 saturated carbocycles. The van der Waals surface area contributed by atoms with Gasteiger partial charge in [0.25, 0.3) is 11.6 Å². The van der Waals surface area contributed by atoms with Crippen molar-refractivity contribution in [2.75, 3.05) is 6.61 Å². The quantitative estimate of drug-likeness (QED) is 0.582. The Morgan fingerprint density at radius 3 is 2.58 bits per heavy atom. The Morgan fingerprint density at radius 2 is 2.04 bits per heavy atom. The third-order valence-electron chi connectivity index (χ3n) is 3.93. The largest absolute Gasteiger partial charge is 0.484 e. The molecule has 0 radical (unpaired) electrons. The molecule has 26 heavy (non-hydrogen) atoms. The summed E-state index contributed by atoms with van der Waals surface area (Å²) in [6.07, 6.45) is -3.67. The number of alkyl halides is 3. The second-order valence-electron chi connectivity index (χ2n) is 5.86. The summed E-state index contributed by atoms with van der Waals surface area (Å²) in [5.74, 6) is -2.81. The number of nitrogens with zero attached hydrogens (tertiary/aromatic N) is 1. The van der Waals surface area contributed by atoms with Gasteiger partial charge in [-0.3, -0.25) is 19.7 Å². The number of carboxylic acids is 1. The zero-order valence-electron chi connectivity index (χ0n) is 13.3. The van der Waals surface area contributed by atoms with Gasteiger partial charge in [-0.25, -0.2) is 0 Å². The highest BCUT2D eigenvalue weighted by Crippen LogP contribution is 2.28. The molecule has 2 atom stereocenters. The summed E-state index contributed by atoms with van der Waals surface area (Å²) < 4.78 is 41.2. The van der Waals surface area contributed by atoms with Crippen LogP contribution in [0.2, 0.25) is 0 Å². The highest BCUT2D eigenvalue weighted by Gasteiger charge is 2.32. The van der Waals surface area contributed by atoms with Crippen molar-refractivity contribution >= 4 is 17.6 Å². The number of benzene rings is 1. The van der Waals surface area contributed by atoms with Gasteiger partial charge in [0, 0.05) is 12.1 Å². The zero-order valence-corrected chi connectivity index (χ0v) is 13.3. The monoisotopic (exact) mass is 376 g/mol. The highest BCUT2D eigenvalue weighted by atomic mass is 19.4. The van der Waals surface area contributed by atoms with Crippen molar-refractivity contribution in [3.05, 3.63) is 33.9 Å². The van der Waals surface area contributed by atoms with E-state index in [1.54, 1.807) is 0 Å².